The zero-order valence-electron chi connectivity index (χ0n) is 9.86. The first-order chi connectivity index (χ1) is 8.15. The monoisotopic (exact) mass is 245 g/mol. The van der Waals surface area contributed by atoms with Gasteiger partial charge >= 0.3 is 0 Å². The Balaban J connectivity index is 2.17. The second-order valence-corrected chi connectivity index (χ2v) is 4.79. The molecular weight excluding hydrogens is 230 g/mol. The fourth-order valence-corrected chi connectivity index (χ4v) is 2.26. The molecule has 2 N–H and O–H groups in total. The predicted molar refractivity (Wildman–Crippen MR) is 73.3 cm³/mol. The molecule has 1 atom stereocenters. The van der Waals surface area contributed by atoms with Crippen LogP contribution in [0.15, 0.2) is 48.5 Å². The summed E-state index contributed by atoms with van der Waals surface area (Å²) in [5.74, 6) is 0. The van der Waals surface area contributed by atoms with Crippen LogP contribution in [0.2, 0.25) is 5.02 Å². The Bertz CT molecular complexity index is 473. The molecule has 0 aliphatic carbocycles. The summed E-state index contributed by atoms with van der Waals surface area (Å²) in [7, 11) is 0. The highest BCUT2D eigenvalue weighted by Gasteiger charge is 2.08. The Morgan fingerprint density at radius 1 is 1.12 bits per heavy atom. The summed E-state index contributed by atoms with van der Waals surface area (Å²) in [6.45, 7) is 2.03. The van der Waals surface area contributed by atoms with Gasteiger partial charge in [-0.2, -0.15) is 0 Å². The Hall–Kier alpha value is -1.31. The van der Waals surface area contributed by atoms with Crippen molar-refractivity contribution in [2.24, 2.45) is 5.73 Å². The number of hydrogen-bond donors (Lipinski definition) is 1. The van der Waals surface area contributed by atoms with Crippen molar-refractivity contribution in [1.29, 1.82) is 0 Å². The van der Waals surface area contributed by atoms with Gasteiger partial charge in [0.05, 0.1) is 0 Å². The van der Waals surface area contributed by atoms with E-state index in [0.717, 1.165) is 22.6 Å². The van der Waals surface area contributed by atoms with Crippen molar-refractivity contribution >= 4 is 11.6 Å². The molecule has 0 aliphatic heterocycles. The molecule has 88 valence electrons. The molecule has 1 unspecified atom stereocenters. The van der Waals surface area contributed by atoms with Crippen LogP contribution >= 0.6 is 11.6 Å². The first-order valence-corrected chi connectivity index (χ1v) is 6.09. The lowest BCUT2D eigenvalue weighted by atomic mass is 9.98. The molecule has 2 aromatic rings. The van der Waals surface area contributed by atoms with E-state index in [-0.39, 0.29) is 6.04 Å². The summed E-state index contributed by atoms with van der Waals surface area (Å²) in [5, 5.41) is 0.753. The zero-order valence-corrected chi connectivity index (χ0v) is 10.6. The van der Waals surface area contributed by atoms with Crippen LogP contribution in [0.5, 0.6) is 0 Å². The maximum Gasteiger partial charge on any atom is 0.0411 e. The molecule has 17 heavy (non-hydrogen) atoms. The van der Waals surface area contributed by atoms with Crippen molar-refractivity contribution < 1.29 is 0 Å². The lowest BCUT2D eigenvalue weighted by Crippen LogP contribution is -2.13. The van der Waals surface area contributed by atoms with Crippen LogP contribution in [0.1, 0.15) is 22.7 Å². The van der Waals surface area contributed by atoms with Crippen LogP contribution in [0.3, 0.4) is 0 Å². The van der Waals surface area contributed by atoms with Crippen molar-refractivity contribution in [3.63, 3.8) is 0 Å². The van der Waals surface area contributed by atoms with E-state index < -0.39 is 0 Å². The maximum absolute atomic E-state index is 6.21. The van der Waals surface area contributed by atoms with E-state index in [0.29, 0.717) is 0 Å². The van der Waals surface area contributed by atoms with E-state index in [2.05, 4.69) is 18.2 Å². The molecule has 1 nitrogen and oxygen atoms in total. The summed E-state index contributed by atoms with van der Waals surface area (Å²) in [5.41, 5.74) is 9.70. The van der Waals surface area contributed by atoms with Crippen molar-refractivity contribution in [2.75, 3.05) is 0 Å². The van der Waals surface area contributed by atoms with Crippen LogP contribution in [0.4, 0.5) is 0 Å². The smallest absolute Gasteiger partial charge is 0.0411 e. The minimum absolute atomic E-state index is 0.00481. The van der Waals surface area contributed by atoms with E-state index in [9.17, 15) is 0 Å². The largest absolute Gasteiger partial charge is 0.324 e. The SMILES string of the molecule is Cc1cc(Cl)cc(C(N)Cc2ccccc2)c1. The van der Waals surface area contributed by atoms with Gasteiger partial charge < -0.3 is 5.73 Å². The Labute approximate surface area is 107 Å². The lowest BCUT2D eigenvalue weighted by Gasteiger charge is -2.13. The molecule has 0 heterocycles. The highest BCUT2D eigenvalue weighted by atomic mass is 35.5. The molecule has 0 bridgehead atoms. The third kappa shape index (κ3) is 3.32. The fraction of sp³-hybridized carbons (Fsp3) is 0.200. The molecule has 2 rings (SSSR count). The molecule has 0 saturated heterocycles. The summed E-state index contributed by atoms with van der Waals surface area (Å²) >= 11 is 6.04. The topological polar surface area (TPSA) is 26.0 Å². The lowest BCUT2D eigenvalue weighted by molar-refractivity contribution is 0.721. The molecule has 2 heteroatoms. The number of nitrogens with two attached hydrogens (primary N) is 1. The molecule has 2 aromatic carbocycles. The van der Waals surface area contributed by atoms with Gasteiger partial charge in [-0.3, -0.25) is 0 Å². The number of benzene rings is 2. The number of hydrogen-bond acceptors (Lipinski definition) is 1. The highest BCUT2D eigenvalue weighted by molar-refractivity contribution is 6.30. The number of halogens is 1. The Morgan fingerprint density at radius 2 is 1.82 bits per heavy atom. The van der Waals surface area contributed by atoms with E-state index in [4.69, 9.17) is 17.3 Å². The van der Waals surface area contributed by atoms with Crippen LogP contribution in [-0.4, -0.2) is 0 Å². The molecule has 0 saturated carbocycles. The fourth-order valence-electron chi connectivity index (χ4n) is 1.96. The minimum atomic E-state index is -0.00481. The van der Waals surface area contributed by atoms with E-state index in [1.165, 1.54) is 5.56 Å². The third-order valence-electron chi connectivity index (χ3n) is 2.79. The molecule has 0 amide bonds. The molecule has 0 spiro atoms. The third-order valence-corrected chi connectivity index (χ3v) is 3.01. The normalized spacial score (nSPS) is 12.4. The highest BCUT2D eigenvalue weighted by Crippen LogP contribution is 2.21. The first kappa shape index (κ1) is 12.2. The number of rotatable bonds is 3. The molecule has 0 aromatic heterocycles. The van der Waals surface area contributed by atoms with Gasteiger partial charge in [0.25, 0.3) is 0 Å². The van der Waals surface area contributed by atoms with Crippen molar-refractivity contribution in [1.82, 2.24) is 0 Å². The first-order valence-electron chi connectivity index (χ1n) is 5.72. The van der Waals surface area contributed by atoms with E-state index >= 15 is 0 Å². The summed E-state index contributed by atoms with van der Waals surface area (Å²) < 4.78 is 0. The maximum atomic E-state index is 6.21. The van der Waals surface area contributed by atoms with Crippen molar-refractivity contribution in [3.8, 4) is 0 Å². The van der Waals surface area contributed by atoms with Gasteiger partial charge in [-0.05, 0) is 42.2 Å². The van der Waals surface area contributed by atoms with Crippen molar-refractivity contribution in [2.45, 2.75) is 19.4 Å². The van der Waals surface area contributed by atoms with Gasteiger partial charge in [0.15, 0.2) is 0 Å². The van der Waals surface area contributed by atoms with Gasteiger partial charge in [-0.15, -0.1) is 0 Å². The quantitative estimate of drug-likeness (QED) is 0.872. The van der Waals surface area contributed by atoms with Crippen LogP contribution in [0, 0.1) is 6.92 Å². The van der Waals surface area contributed by atoms with Gasteiger partial charge in [0, 0.05) is 11.1 Å². The molecule has 0 radical (unpaired) electrons. The minimum Gasteiger partial charge on any atom is -0.324 e. The van der Waals surface area contributed by atoms with Gasteiger partial charge in [-0.1, -0.05) is 48.0 Å². The molecule has 0 aliphatic rings. The predicted octanol–water partition coefficient (Wildman–Crippen LogP) is 3.89. The van der Waals surface area contributed by atoms with Gasteiger partial charge in [0.2, 0.25) is 0 Å². The van der Waals surface area contributed by atoms with Crippen LogP contribution < -0.4 is 5.73 Å². The van der Waals surface area contributed by atoms with Crippen molar-refractivity contribution in [3.05, 3.63) is 70.2 Å². The Morgan fingerprint density at radius 3 is 2.47 bits per heavy atom. The van der Waals surface area contributed by atoms with Crippen LogP contribution in [-0.2, 0) is 6.42 Å². The average molecular weight is 246 g/mol. The Kier molecular flexibility index (Phi) is 3.82. The van der Waals surface area contributed by atoms with E-state index in [1.807, 2.05) is 37.3 Å². The summed E-state index contributed by atoms with van der Waals surface area (Å²) in [6.07, 6.45) is 0.834. The van der Waals surface area contributed by atoms with Crippen LogP contribution in [0.25, 0.3) is 0 Å². The van der Waals surface area contributed by atoms with E-state index in [1.54, 1.807) is 0 Å². The molecule has 0 fully saturated rings. The van der Waals surface area contributed by atoms with Gasteiger partial charge in [0.1, 0.15) is 0 Å². The molecular formula is C15H16ClN. The average Bonchev–Trinajstić information content (AvgIpc) is 2.29. The number of aryl methyl sites for hydroxylation is 1. The zero-order chi connectivity index (χ0) is 12.3. The standard InChI is InChI=1S/C15H16ClN/c1-11-7-13(10-14(16)8-11)15(17)9-12-5-3-2-4-6-12/h2-8,10,15H,9,17H2,1H3. The summed E-state index contributed by atoms with van der Waals surface area (Å²) in [4.78, 5) is 0. The second kappa shape index (κ2) is 5.35. The van der Waals surface area contributed by atoms with Gasteiger partial charge in [-0.25, -0.2) is 0 Å². The summed E-state index contributed by atoms with van der Waals surface area (Å²) in [6, 6.07) is 16.3. The second-order valence-electron chi connectivity index (χ2n) is 4.36.